The number of amides is 3. The minimum atomic E-state index is -0.297. The van der Waals surface area contributed by atoms with Gasteiger partial charge in [0.25, 0.3) is 0 Å². The highest BCUT2D eigenvalue weighted by molar-refractivity contribution is 7.18. The number of rotatable bonds is 5. The zero-order chi connectivity index (χ0) is 24.4. The second-order valence-electron chi connectivity index (χ2n) is 8.61. The van der Waals surface area contributed by atoms with Crippen molar-refractivity contribution >= 4 is 50.6 Å². The Kier molecular flexibility index (Phi) is 6.35. The molecule has 3 heterocycles. The summed E-state index contributed by atoms with van der Waals surface area (Å²) in [6, 6.07) is 15.0. The fraction of sp³-hybridized carbons (Fsp3) is 0.192. The molecule has 8 nitrogen and oxygen atoms in total. The Bertz CT molecular complexity index is 1400. The third-order valence-electron chi connectivity index (χ3n) is 5.94. The molecule has 178 valence electrons. The molecule has 0 saturated carbocycles. The number of aryl methyl sites for hydroxylation is 1. The van der Waals surface area contributed by atoms with Gasteiger partial charge in [0.05, 0.1) is 6.54 Å². The Hall–Kier alpha value is -3.95. The molecule has 3 amide bonds. The summed E-state index contributed by atoms with van der Waals surface area (Å²) < 4.78 is 1.08. The number of benzene rings is 2. The zero-order valence-electron chi connectivity index (χ0n) is 19.3. The van der Waals surface area contributed by atoms with E-state index in [-0.39, 0.29) is 11.9 Å². The molecule has 0 atom stereocenters. The third kappa shape index (κ3) is 5.11. The molecule has 2 aromatic carbocycles. The molecular weight excluding hydrogens is 460 g/mol. The quantitative estimate of drug-likeness (QED) is 0.333. The molecule has 0 spiro atoms. The van der Waals surface area contributed by atoms with Gasteiger partial charge in [-0.15, -0.1) is 11.3 Å². The van der Waals surface area contributed by atoms with Crippen molar-refractivity contribution in [2.45, 2.75) is 13.5 Å². The topological polar surface area (TPSA) is 112 Å². The number of piperazine rings is 1. The van der Waals surface area contributed by atoms with E-state index in [1.807, 2.05) is 61.7 Å². The van der Waals surface area contributed by atoms with Crippen molar-refractivity contribution in [1.82, 2.24) is 15.2 Å². The smallest absolute Gasteiger partial charge is 0.323 e. The lowest BCUT2D eigenvalue weighted by Gasteiger charge is -2.26. The monoisotopic (exact) mass is 486 g/mol. The molecule has 5 N–H and O–H groups in total. The van der Waals surface area contributed by atoms with Crippen LogP contribution in [-0.2, 0) is 11.3 Å². The van der Waals surface area contributed by atoms with Crippen molar-refractivity contribution in [2.75, 3.05) is 36.0 Å². The largest absolute Gasteiger partial charge is 0.383 e. The molecule has 1 fully saturated rings. The summed E-state index contributed by atoms with van der Waals surface area (Å²) in [5.41, 5.74) is 11.9. The van der Waals surface area contributed by atoms with Gasteiger partial charge in [-0.2, -0.15) is 0 Å². The van der Waals surface area contributed by atoms with Crippen molar-refractivity contribution in [3.05, 3.63) is 71.2 Å². The molecule has 1 aliphatic rings. The van der Waals surface area contributed by atoms with E-state index in [1.165, 1.54) is 0 Å². The second kappa shape index (κ2) is 9.73. The molecule has 5 rings (SSSR count). The van der Waals surface area contributed by atoms with Crippen LogP contribution in [0.1, 0.15) is 11.1 Å². The Morgan fingerprint density at radius 3 is 2.74 bits per heavy atom. The Morgan fingerprint density at radius 1 is 1.17 bits per heavy atom. The highest BCUT2D eigenvalue weighted by atomic mass is 32.1. The van der Waals surface area contributed by atoms with Crippen LogP contribution in [0.4, 0.5) is 22.0 Å². The number of thiophene rings is 1. The molecule has 2 aromatic heterocycles. The van der Waals surface area contributed by atoms with E-state index in [4.69, 9.17) is 5.73 Å². The minimum Gasteiger partial charge on any atom is -0.383 e. The fourth-order valence-corrected chi connectivity index (χ4v) is 5.35. The SMILES string of the molecule is Cc1cccc(NC(=O)Nc2ccc(-c3csc4c(CN5CCNC(=O)C5)cnc(N)c34)cc2)c1. The van der Waals surface area contributed by atoms with E-state index >= 15 is 0 Å². The first kappa shape index (κ1) is 22.8. The predicted octanol–water partition coefficient (Wildman–Crippen LogP) is 4.43. The first-order chi connectivity index (χ1) is 17.0. The standard InChI is InChI=1S/C26H26N6O2S/c1-16-3-2-4-20(11-16)31-26(34)30-19-7-5-17(6-8-19)21-15-35-24-18(12-29-25(27)23(21)24)13-32-10-9-28-22(33)14-32/h2-8,11-12,15H,9-10,13-14H2,1H3,(H2,27,29)(H,28,33)(H2,30,31,34). The number of hydrogen-bond donors (Lipinski definition) is 4. The average Bonchev–Trinajstić information content (AvgIpc) is 3.28. The lowest BCUT2D eigenvalue weighted by Crippen LogP contribution is -2.47. The van der Waals surface area contributed by atoms with Crippen LogP contribution in [-0.4, -0.2) is 41.5 Å². The molecule has 35 heavy (non-hydrogen) atoms. The Balaban J connectivity index is 1.33. The van der Waals surface area contributed by atoms with Gasteiger partial charge >= 0.3 is 6.03 Å². The fourth-order valence-electron chi connectivity index (χ4n) is 4.26. The van der Waals surface area contributed by atoms with Crippen LogP contribution < -0.4 is 21.7 Å². The van der Waals surface area contributed by atoms with Gasteiger partial charge in [0, 0.05) is 58.4 Å². The van der Waals surface area contributed by atoms with Crippen LogP contribution >= 0.6 is 11.3 Å². The number of carbonyl (C=O) groups is 2. The molecule has 0 unspecified atom stereocenters. The van der Waals surface area contributed by atoms with Gasteiger partial charge in [0.2, 0.25) is 5.91 Å². The number of fused-ring (bicyclic) bond motifs is 1. The van der Waals surface area contributed by atoms with Gasteiger partial charge in [0.1, 0.15) is 5.82 Å². The van der Waals surface area contributed by atoms with E-state index < -0.39 is 0 Å². The minimum absolute atomic E-state index is 0.0454. The van der Waals surface area contributed by atoms with Crippen LogP contribution in [0.2, 0.25) is 0 Å². The number of aromatic nitrogens is 1. The number of carbonyl (C=O) groups excluding carboxylic acids is 2. The van der Waals surface area contributed by atoms with Crippen LogP contribution in [0.15, 0.2) is 60.1 Å². The summed E-state index contributed by atoms with van der Waals surface area (Å²) in [4.78, 5) is 30.7. The average molecular weight is 487 g/mol. The molecule has 9 heteroatoms. The number of hydrogen-bond acceptors (Lipinski definition) is 6. The van der Waals surface area contributed by atoms with E-state index in [0.29, 0.717) is 31.1 Å². The number of pyridine rings is 1. The summed E-state index contributed by atoms with van der Waals surface area (Å²) in [7, 11) is 0. The van der Waals surface area contributed by atoms with E-state index in [9.17, 15) is 9.59 Å². The summed E-state index contributed by atoms with van der Waals surface area (Å²) in [6.07, 6.45) is 1.81. The van der Waals surface area contributed by atoms with E-state index in [2.05, 4.69) is 31.2 Å². The van der Waals surface area contributed by atoms with E-state index in [0.717, 1.165) is 44.6 Å². The Morgan fingerprint density at radius 2 is 1.97 bits per heavy atom. The maximum Gasteiger partial charge on any atom is 0.323 e. The lowest BCUT2D eigenvalue weighted by atomic mass is 10.0. The second-order valence-corrected chi connectivity index (χ2v) is 9.49. The summed E-state index contributed by atoms with van der Waals surface area (Å²) in [6.45, 7) is 4.48. The van der Waals surface area contributed by atoms with Crippen LogP contribution in [0, 0.1) is 6.92 Å². The molecule has 1 aliphatic heterocycles. The van der Waals surface area contributed by atoms with Crippen molar-refractivity contribution < 1.29 is 9.59 Å². The number of nitrogen functional groups attached to an aromatic ring is 1. The van der Waals surface area contributed by atoms with Gasteiger partial charge in [-0.1, -0.05) is 24.3 Å². The number of anilines is 3. The van der Waals surface area contributed by atoms with Gasteiger partial charge < -0.3 is 21.7 Å². The highest BCUT2D eigenvalue weighted by Crippen LogP contribution is 2.39. The molecule has 1 saturated heterocycles. The maximum absolute atomic E-state index is 12.4. The normalized spacial score (nSPS) is 14.0. The number of nitrogens with zero attached hydrogens (tertiary/aromatic N) is 2. The maximum atomic E-state index is 12.4. The molecule has 4 aromatic rings. The van der Waals surface area contributed by atoms with Crippen molar-refractivity contribution in [3.63, 3.8) is 0 Å². The van der Waals surface area contributed by atoms with E-state index in [1.54, 1.807) is 11.3 Å². The van der Waals surface area contributed by atoms with Gasteiger partial charge in [-0.25, -0.2) is 9.78 Å². The Labute approximate surface area is 207 Å². The molecule has 0 radical (unpaired) electrons. The lowest BCUT2D eigenvalue weighted by molar-refractivity contribution is -0.124. The van der Waals surface area contributed by atoms with Crippen LogP contribution in [0.5, 0.6) is 0 Å². The number of nitrogens with two attached hydrogens (primary N) is 1. The van der Waals surface area contributed by atoms with Crippen molar-refractivity contribution in [3.8, 4) is 11.1 Å². The zero-order valence-corrected chi connectivity index (χ0v) is 20.1. The number of urea groups is 1. The van der Waals surface area contributed by atoms with Gasteiger partial charge in [-0.05, 0) is 47.7 Å². The van der Waals surface area contributed by atoms with Crippen molar-refractivity contribution in [2.24, 2.45) is 0 Å². The predicted molar refractivity (Wildman–Crippen MR) is 142 cm³/mol. The molecule has 0 bridgehead atoms. The molecule has 0 aliphatic carbocycles. The van der Waals surface area contributed by atoms with Gasteiger partial charge in [0.15, 0.2) is 0 Å². The van der Waals surface area contributed by atoms with Gasteiger partial charge in [-0.3, -0.25) is 9.69 Å². The number of nitrogens with one attached hydrogen (secondary N) is 3. The third-order valence-corrected chi connectivity index (χ3v) is 6.99. The van der Waals surface area contributed by atoms with Crippen LogP contribution in [0.3, 0.4) is 0 Å². The first-order valence-corrected chi connectivity index (χ1v) is 12.2. The summed E-state index contributed by atoms with van der Waals surface area (Å²) >= 11 is 1.63. The van der Waals surface area contributed by atoms with Crippen molar-refractivity contribution in [1.29, 1.82) is 0 Å². The summed E-state index contributed by atoms with van der Waals surface area (Å²) in [5, 5.41) is 11.6. The highest BCUT2D eigenvalue weighted by Gasteiger charge is 2.20. The summed E-state index contributed by atoms with van der Waals surface area (Å²) in [5.74, 6) is 0.528. The van der Waals surface area contributed by atoms with Crippen LogP contribution in [0.25, 0.3) is 21.2 Å². The molecular formula is C26H26N6O2S. The first-order valence-electron chi connectivity index (χ1n) is 11.3.